The van der Waals surface area contributed by atoms with Gasteiger partial charge in [-0.15, -0.1) is 0 Å². The highest BCUT2D eigenvalue weighted by atomic mass is 79.9. The maximum Gasteiger partial charge on any atom is 0.0301 e. The third kappa shape index (κ3) is 2.96. The molecule has 0 radical (unpaired) electrons. The second kappa shape index (κ2) is 6.12. The van der Waals surface area contributed by atoms with Gasteiger partial charge in [-0.1, -0.05) is 42.6 Å². The molecule has 1 rings (SSSR count). The quantitative estimate of drug-likeness (QED) is 0.696. The van der Waals surface area contributed by atoms with Crippen LogP contribution in [0.5, 0.6) is 0 Å². The zero-order chi connectivity index (χ0) is 10.6. The van der Waals surface area contributed by atoms with Gasteiger partial charge in [0.25, 0.3) is 0 Å². The zero-order valence-electron chi connectivity index (χ0n) is 9.80. The van der Waals surface area contributed by atoms with Crippen molar-refractivity contribution in [3.05, 3.63) is 0 Å². The van der Waals surface area contributed by atoms with Crippen molar-refractivity contribution in [2.24, 2.45) is 0 Å². The van der Waals surface area contributed by atoms with Crippen LogP contribution in [0.3, 0.4) is 0 Å². The third-order valence-corrected chi connectivity index (χ3v) is 4.76. The minimum Gasteiger partial charge on any atom is -0.299 e. The van der Waals surface area contributed by atoms with Crippen molar-refractivity contribution >= 4 is 15.9 Å². The van der Waals surface area contributed by atoms with Gasteiger partial charge < -0.3 is 0 Å². The summed E-state index contributed by atoms with van der Waals surface area (Å²) in [5.74, 6) is 0. The van der Waals surface area contributed by atoms with Crippen molar-refractivity contribution < 1.29 is 0 Å². The second-order valence-electron chi connectivity index (χ2n) is 4.50. The Bertz CT molecular complexity index is 156. The van der Waals surface area contributed by atoms with E-state index in [1.165, 1.54) is 38.5 Å². The molecule has 2 unspecified atom stereocenters. The highest BCUT2D eigenvalue weighted by molar-refractivity contribution is 9.09. The Morgan fingerprint density at radius 1 is 1.21 bits per heavy atom. The molecule has 14 heavy (non-hydrogen) atoms. The average molecular weight is 262 g/mol. The molecule has 1 fully saturated rings. The van der Waals surface area contributed by atoms with Crippen LogP contribution in [0, 0.1) is 0 Å². The fourth-order valence-corrected chi connectivity index (χ4v) is 3.62. The lowest BCUT2D eigenvalue weighted by Gasteiger charge is -2.39. The van der Waals surface area contributed by atoms with Crippen molar-refractivity contribution in [2.75, 3.05) is 7.05 Å². The summed E-state index contributed by atoms with van der Waals surface area (Å²) in [5.41, 5.74) is 0. The molecule has 1 nitrogen and oxygen atoms in total. The van der Waals surface area contributed by atoms with Gasteiger partial charge in [-0.25, -0.2) is 0 Å². The van der Waals surface area contributed by atoms with E-state index in [2.05, 4.69) is 41.7 Å². The monoisotopic (exact) mass is 261 g/mol. The Morgan fingerprint density at radius 3 is 2.29 bits per heavy atom. The zero-order valence-corrected chi connectivity index (χ0v) is 11.4. The lowest BCUT2D eigenvalue weighted by Crippen LogP contribution is -2.45. The van der Waals surface area contributed by atoms with Crippen LogP contribution >= 0.6 is 15.9 Å². The van der Waals surface area contributed by atoms with E-state index in [9.17, 15) is 0 Å². The molecule has 0 aromatic carbocycles. The minimum atomic E-state index is 0.724. The third-order valence-electron chi connectivity index (χ3n) is 3.69. The molecule has 1 saturated carbocycles. The van der Waals surface area contributed by atoms with Gasteiger partial charge >= 0.3 is 0 Å². The highest BCUT2D eigenvalue weighted by Crippen LogP contribution is 2.29. The van der Waals surface area contributed by atoms with Gasteiger partial charge in [0.2, 0.25) is 0 Å². The van der Waals surface area contributed by atoms with E-state index in [-0.39, 0.29) is 0 Å². The molecule has 0 aliphatic heterocycles. The number of alkyl halides is 1. The first-order valence-electron chi connectivity index (χ1n) is 6.06. The average Bonchev–Trinajstić information content (AvgIpc) is 2.20. The summed E-state index contributed by atoms with van der Waals surface area (Å²) < 4.78 is 0. The van der Waals surface area contributed by atoms with Crippen LogP contribution in [0.1, 0.15) is 52.4 Å². The molecular formula is C12H24BrN. The van der Waals surface area contributed by atoms with Crippen molar-refractivity contribution in [3.63, 3.8) is 0 Å². The maximum absolute atomic E-state index is 3.84. The molecule has 0 spiro atoms. The first-order chi connectivity index (χ1) is 6.70. The van der Waals surface area contributed by atoms with Gasteiger partial charge in [-0.3, -0.25) is 4.90 Å². The number of hydrogen-bond donors (Lipinski definition) is 0. The van der Waals surface area contributed by atoms with Crippen molar-refractivity contribution in [2.45, 2.75) is 69.3 Å². The molecule has 0 aromatic heterocycles. The Labute approximate surface area is 97.4 Å². The summed E-state index contributed by atoms with van der Waals surface area (Å²) in [6, 6.07) is 1.55. The summed E-state index contributed by atoms with van der Waals surface area (Å²) in [6.07, 6.45) is 8.12. The number of halogens is 1. The van der Waals surface area contributed by atoms with E-state index in [0.717, 1.165) is 16.9 Å². The van der Waals surface area contributed by atoms with Gasteiger partial charge in [-0.05, 0) is 32.7 Å². The van der Waals surface area contributed by atoms with E-state index >= 15 is 0 Å². The fraction of sp³-hybridized carbons (Fsp3) is 1.00. The SMILES string of the molecule is CCC(CC)N(C)C1CCCCC1Br. The van der Waals surface area contributed by atoms with E-state index in [1.54, 1.807) is 0 Å². The van der Waals surface area contributed by atoms with Crippen LogP contribution in [0.15, 0.2) is 0 Å². The first-order valence-corrected chi connectivity index (χ1v) is 6.98. The molecule has 84 valence electrons. The number of hydrogen-bond acceptors (Lipinski definition) is 1. The van der Waals surface area contributed by atoms with E-state index in [1.807, 2.05) is 0 Å². The predicted octanol–water partition coefficient (Wildman–Crippen LogP) is 3.81. The highest BCUT2D eigenvalue weighted by Gasteiger charge is 2.28. The molecule has 0 N–H and O–H groups in total. The molecule has 0 heterocycles. The van der Waals surface area contributed by atoms with Crippen LogP contribution < -0.4 is 0 Å². The van der Waals surface area contributed by atoms with Gasteiger partial charge in [0.15, 0.2) is 0 Å². The van der Waals surface area contributed by atoms with Gasteiger partial charge in [0.05, 0.1) is 0 Å². The Hall–Kier alpha value is 0.440. The van der Waals surface area contributed by atoms with E-state index < -0.39 is 0 Å². The standard InChI is InChI=1S/C12H24BrN/c1-4-10(5-2)14(3)12-9-7-6-8-11(12)13/h10-12H,4-9H2,1-3H3. The van der Waals surface area contributed by atoms with Crippen LogP contribution in [0.2, 0.25) is 0 Å². The molecule has 0 bridgehead atoms. The fourth-order valence-electron chi connectivity index (χ4n) is 2.66. The topological polar surface area (TPSA) is 3.24 Å². The van der Waals surface area contributed by atoms with Crippen LogP contribution in [-0.2, 0) is 0 Å². The van der Waals surface area contributed by atoms with Crippen LogP contribution in [0.25, 0.3) is 0 Å². The van der Waals surface area contributed by atoms with E-state index in [0.29, 0.717) is 0 Å². The molecule has 1 aliphatic carbocycles. The molecule has 0 saturated heterocycles. The van der Waals surface area contributed by atoms with Crippen LogP contribution in [-0.4, -0.2) is 28.9 Å². The Balaban J connectivity index is 2.52. The molecule has 2 atom stereocenters. The second-order valence-corrected chi connectivity index (χ2v) is 5.68. The van der Waals surface area contributed by atoms with E-state index in [4.69, 9.17) is 0 Å². The normalized spacial score (nSPS) is 28.7. The van der Waals surface area contributed by atoms with Crippen LogP contribution in [0.4, 0.5) is 0 Å². The largest absolute Gasteiger partial charge is 0.299 e. The minimum absolute atomic E-state index is 0.724. The Kier molecular flexibility index (Phi) is 5.47. The summed E-state index contributed by atoms with van der Waals surface area (Å²) in [7, 11) is 2.31. The lowest BCUT2D eigenvalue weighted by atomic mass is 9.92. The summed E-state index contributed by atoms with van der Waals surface area (Å²) >= 11 is 3.84. The van der Waals surface area contributed by atoms with Gasteiger partial charge in [0, 0.05) is 16.9 Å². The number of rotatable bonds is 4. The summed E-state index contributed by atoms with van der Waals surface area (Å²) in [4.78, 5) is 3.33. The first kappa shape index (κ1) is 12.5. The Morgan fingerprint density at radius 2 is 1.79 bits per heavy atom. The smallest absolute Gasteiger partial charge is 0.0301 e. The summed E-state index contributed by atoms with van der Waals surface area (Å²) in [5, 5.41) is 0. The maximum atomic E-state index is 3.84. The number of nitrogens with zero attached hydrogens (tertiary/aromatic N) is 1. The van der Waals surface area contributed by atoms with Crippen molar-refractivity contribution in [3.8, 4) is 0 Å². The summed E-state index contributed by atoms with van der Waals surface area (Å²) in [6.45, 7) is 4.60. The molecule has 0 aromatic rings. The predicted molar refractivity (Wildman–Crippen MR) is 67.1 cm³/mol. The van der Waals surface area contributed by atoms with Gasteiger partial charge in [0.1, 0.15) is 0 Å². The molecule has 0 amide bonds. The molecule has 1 aliphatic rings. The van der Waals surface area contributed by atoms with Crippen molar-refractivity contribution in [1.29, 1.82) is 0 Å². The van der Waals surface area contributed by atoms with Gasteiger partial charge in [-0.2, -0.15) is 0 Å². The molecule has 2 heteroatoms. The van der Waals surface area contributed by atoms with Crippen molar-refractivity contribution in [1.82, 2.24) is 4.90 Å². The molecular weight excluding hydrogens is 238 g/mol. The lowest BCUT2D eigenvalue weighted by molar-refractivity contribution is 0.137.